The van der Waals surface area contributed by atoms with Crippen molar-refractivity contribution in [2.24, 2.45) is 5.14 Å². The first-order valence-electron chi connectivity index (χ1n) is 10.5. The third-order valence-electron chi connectivity index (χ3n) is 4.35. The van der Waals surface area contributed by atoms with Gasteiger partial charge in [-0.3, -0.25) is 4.79 Å². The summed E-state index contributed by atoms with van der Waals surface area (Å²) in [5.74, 6) is 0.923. The fraction of sp³-hybridized carbons (Fsp3) is 0.435. The Morgan fingerprint density at radius 2 is 1.64 bits per heavy atom. The van der Waals surface area contributed by atoms with Gasteiger partial charge in [0.15, 0.2) is 18.1 Å². The Hall–Kier alpha value is -2.33. The van der Waals surface area contributed by atoms with Crippen molar-refractivity contribution in [1.82, 2.24) is 10.6 Å². The second kappa shape index (κ2) is 12.8. The van der Waals surface area contributed by atoms with Crippen molar-refractivity contribution in [3.8, 4) is 11.5 Å². The molecule has 0 bridgehead atoms. The van der Waals surface area contributed by atoms with Gasteiger partial charge < -0.3 is 32.5 Å². The molecule has 0 aliphatic rings. The van der Waals surface area contributed by atoms with Crippen LogP contribution in [0.25, 0.3) is 0 Å². The largest absolute Gasteiger partial charge is 1.00 e. The summed E-state index contributed by atoms with van der Waals surface area (Å²) >= 11 is 0. The van der Waals surface area contributed by atoms with Gasteiger partial charge in [0, 0.05) is 12.1 Å². The number of carbonyl (C=O) groups excluding carboxylic acids is 1. The fourth-order valence-electron chi connectivity index (χ4n) is 2.96. The van der Waals surface area contributed by atoms with Gasteiger partial charge in [0.05, 0.1) is 11.5 Å². The van der Waals surface area contributed by atoms with Crippen molar-refractivity contribution in [3.05, 3.63) is 53.6 Å². The highest BCUT2D eigenvalue weighted by atomic mass is 35.5. The van der Waals surface area contributed by atoms with Crippen molar-refractivity contribution in [1.29, 1.82) is 0 Å². The highest BCUT2D eigenvalue weighted by Gasteiger charge is 2.15. The number of ether oxygens (including phenoxy) is 2. The molecule has 0 aliphatic carbocycles. The molecule has 0 heterocycles. The van der Waals surface area contributed by atoms with Crippen LogP contribution < -0.4 is 37.7 Å². The second-order valence-corrected chi connectivity index (χ2v) is 9.98. The molecule has 0 aromatic heterocycles. The Morgan fingerprint density at radius 1 is 1.00 bits per heavy atom. The molecule has 0 fully saturated rings. The minimum atomic E-state index is -3.67. The van der Waals surface area contributed by atoms with E-state index in [-0.39, 0.29) is 35.4 Å². The number of halogens is 1. The van der Waals surface area contributed by atoms with Gasteiger partial charge in [-0.2, -0.15) is 0 Å². The van der Waals surface area contributed by atoms with E-state index in [2.05, 4.69) is 10.6 Å². The summed E-state index contributed by atoms with van der Waals surface area (Å²) in [4.78, 5) is 12.1. The van der Waals surface area contributed by atoms with E-state index in [1.54, 1.807) is 18.2 Å². The Labute approximate surface area is 202 Å². The van der Waals surface area contributed by atoms with Crippen molar-refractivity contribution in [2.75, 3.05) is 19.8 Å². The Bertz CT molecular complexity index is 1010. The summed E-state index contributed by atoms with van der Waals surface area (Å²) in [6.07, 6.45) is 0.743. The normalized spacial score (nSPS) is 11.4. The number of carbonyl (C=O) groups is 1. The Kier molecular flexibility index (Phi) is 11.1. The van der Waals surface area contributed by atoms with E-state index in [9.17, 15) is 13.2 Å². The lowest BCUT2D eigenvalue weighted by atomic mass is 10.1. The number of amides is 1. The quantitative estimate of drug-likeness (QED) is 0.355. The zero-order chi connectivity index (χ0) is 23.8. The summed E-state index contributed by atoms with van der Waals surface area (Å²) in [5, 5.41) is 11.3. The zero-order valence-corrected chi connectivity index (χ0v) is 21.1. The van der Waals surface area contributed by atoms with Crippen LogP contribution in [0, 0.1) is 0 Å². The number of nitrogens with one attached hydrogen (secondary N) is 2. The van der Waals surface area contributed by atoms with Gasteiger partial charge in [-0.15, -0.1) is 0 Å². The van der Waals surface area contributed by atoms with Crippen LogP contribution in [0.3, 0.4) is 0 Å². The number of nitrogens with two attached hydrogens (primary N) is 1. The van der Waals surface area contributed by atoms with Crippen molar-refractivity contribution in [3.63, 3.8) is 0 Å². The van der Waals surface area contributed by atoms with Gasteiger partial charge in [-0.25, -0.2) is 13.6 Å². The highest BCUT2D eigenvalue weighted by molar-refractivity contribution is 7.89. The molecule has 33 heavy (non-hydrogen) atoms. The molecule has 8 nitrogen and oxygen atoms in total. The number of hydrogen-bond donors (Lipinski definition) is 3. The van der Waals surface area contributed by atoms with Crippen LogP contribution in [0.5, 0.6) is 11.5 Å². The maximum Gasteiger partial charge on any atom is 0.258 e. The van der Waals surface area contributed by atoms with Gasteiger partial charge in [-0.1, -0.05) is 18.2 Å². The van der Waals surface area contributed by atoms with E-state index in [1.165, 1.54) is 12.1 Å². The lowest BCUT2D eigenvalue weighted by molar-refractivity contribution is -0.124. The molecule has 2 rings (SSSR count). The summed E-state index contributed by atoms with van der Waals surface area (Å²) in [6.45, 7) is 9.37. The standard InChI is InChI=1S/C23H33N3O5S.ClH/c1-5-30-21-14-18(8-11-20(21)31-16-22(27)26-23(2,3)4)15-25-13-12-17-6-9-19(10-7-17)32(24,28)29;/h6-11,14,25H,5,12-13,15-16H2,1-4H3,(H,26,27)(H2,24,28,29);1H/p-1. The van der Waals surface area contributed by atoms with Gasteiger partial charge in [0.2, 0.25) is 10.0 Å². The first-order chi connectivity index (χ1) is 15.0. The number of hydrogen-bond acceptors (Lipinski definition) is 6. The van der Waals surface area contributed by atoms with Gasteiger partial charge in [0.25, 0.3) is 5.91 Å². The number of benzene rings is 2. The number of sulfonamides is 1. The number of primary sulfonamides is 1. The van der Waals surface area contributed by atoms with Gasteiger partial charge in [0.1, 0.15) is 0 Å². The second-order valence-electron chi connectivity index (χ2n) is 8.42. The lowest BCUT2D eigenvalue weighted by Gasteiger charge is -2.21. The Morgan fingerprint density at radius 3 is 2.21 bits per heavy atom. The summed E-state index contributed by atoms with van der Waals surface area (Å²) in [7, 11) is -3.67. The van der Waals surface area contributed by atoms with Crippen LogP contribution in [-0.2, 0) is 27.8 Å². The summed E-state index contributed by atoms with van der Waals surface area (Å²) < 4.78 is 34.0. The molecule has 2 aromatic rings. The SMILES string of the molecule is CCOc1cc(CNCCc2ccc(S(N)(=O)=O)cc2)ccc1OCC(=O)NC(C)(C)C.[Cl-]. The predicted molar refractivity (Wildman–Crippen MR) is 124 cm³/mol. The first kappa shape index (κ1) is 28.7. The molecule has 10 heteroatoms. The molecule has 0 unspecified atom stereocenters. The van der Waals surface area contributed by atoms with E-state index in [0.717, 1.165) is 17.5 Å². The fourth-order valence-corrected chi connectivity index (χ4v) is 3.47. The van der Waals surface area contributed by atoms with E-state index >= 15 is 0 Å². The first-order valence-corrected chi connectivity index (χ1v) is 12.0. The number of rotatable bonds is 11. The maximum absolute atomic E-state index is 12.0. The minimum Gasteiger partial charge on any atom is -1.00 e. The van der Waals surface area contributed by atoms with Crippen LogP contribution in [0.1, 0.15) is 38.8 Å². The van der Waals surface area contributed by atoms with Gasteiger partial charge in [-0.05, 0) is 76.1 Å². The van der Waals surface area contributed by atoms with Crippen LogP contribution in [0.2, 0.25) is 0 Å². The third-order valence-corrected chi connectivity index (χ3v) is 5.28. The molecule has 2 aromatic carbocycles. The average Bonchev–Trinajstić information content (AvgIpc) is 2.69. The monoisotopic (exact) mass is 498 g/mol. The molecule has 0 atom stereocenters. The van der Waals surface area contributed by atoms with Crippen molar-refractivity contribution < 1.29 is 35.1 Å². The third kappa shape index (κ3) is 10.4. The van der Waals surface area contributed by atoms with Crippen LogP contribution in [0.15, 0.2) is 47.4 Å². The van der Waals surface area contributed by atoms with E-state index in [4.69, 9.17) is 14.6 Å². The molecule has 0 saturated carbocycles. The molecule has 0 saturated heterocycles. The molecule has 4 N–H and O–H groups in total. The van der Waals surface area contributed by atoms with E-state index in [0.29, 0.717) is 31.2 Å². The Balaban J connectivity index is 0.00000544. The molecule has 184 valence electrons. The van der Waals surface area contributed by atoms with E-state index < -0.39 is 10.0 Å². The van der Waals surface area contributed by atoms with Crippen LogP contribution in [-0.4, -0.2) is 39.6 Å². The molecule has 0 radical (unpaired) electrons. The zero-order valence-electron chi connectivity index (χ0n) is 19.5. The van der Waals surface area contributed by atoms with Crippen molar-refractivity contribution in [2.45, 2.75) is 51.1 Å². The van der Waals surface area contributed by atoms with Crippen LogP contribution >= 0.6 is 0 Å². The summed E-state index contributed by atoms with van der Waals surface area (Å²) in [6, 6.07) is 12.2. The predicted octanol–water partition coefficient (Wildman–Crippen LogP) is -0.637. The molecular formula is C23H33ClN3O5S-. The van der Waals surface area contributed by atoms with Gasteiger partial charge >= 0.3 is 0 Å². The smallest absolute Gasteiger partial charge is 0.258 e. The van der Waals surface area contributed by atoms with Crippen molar-refractivity contribution >= 4 is 15.9 Å². The maximum atomic E-state index is 12.0. The lowest BCUT2D eigenvalue weighted by Crippen LogP contribution is -3.00. The van der Waals surface area contributed by atoms with Crippen LogP contribution in [0.4, 0.5) is 0 Å². The molecule has 0 spiro atoms. The topological polar surface area (TPSA) is 120 Å². The molecule has 1 amide bonds. The highest BCUT2D eigenvalue weighted by Crippen LogP contribution is 2.28. The molecular weight excluding hydrogens is 466 g/mol. The average molecular weight is 499 g/mol. The van der Waals surface area contributed by atoms with E-state index in [1.807, 2.05) is 39.8 Å². The minimum absolute atomic E-state index is 0. The summed E-state index contributed by atoms with van der Waals surface area (Å²) in [5.41, 5.74) is 1.71. The molecule has 0 aliphatic heterocycles.